The van der Waals surface area contributed by atoms with Crippen molar-refractivity contribution in [3.05, 3.63) is 35.1 Å². The molecule has 0 saturated heterocycles. The topological polar surface area (TPSA) is 119 Å². The second-order valence-electron chi connectivity index (χ2n) is 5.40. The van der Waals surface area contributed by atoms with Gasteiger partial charge in [0.2, 0.25) is 0 Å². The number of carboxylic acids is 1. The van der Waals surface area contributed by atoms with Crippen molar-refractivity contribution in [1.29, 1.82) is 0 Å². The number of esters is 2. The first-order valence-electron chi connectivity index (χ1n) is 8.12. The van der Waals surface area contributed by atoms with E-state index < -0.39 is 65.2 Å². The summed E-state index contributed by atoms with van der Waals surface area (Å²) in [5, 5.41) is 11.1. The van der Waals surface area contributed by atoms with Crippen LogP contribution in [0.3, 0.4) is 0 Å². The van der Waals surface area contributed by atoms with E-state index in [0.717, 1.165) is 0 Å². The third-order valence-corrected chi connectivity index (χ3v) is 3.47. The highest BCUT2D eigenvalue weighted by atomic mass is 19.1. The van der Waals surface area contributed by atoms with E-state index in [1.54, 1.807) is 5.32 Å². The molecule has 0 fully saturated rings. The average molecular weight is 405 g/mol. The third kappa shape index (κ3) is 5.96. The Morgan fingerprint density at radius 3 is 2.04 bits per heavy atom. The Hall–Kier alpha value is -3.11. The van der Waals surface area contributed by atoms with Gasteiger partial charge in [0.15, 0.2) is 0 Å². The Kier molecular flexibility index (Phi) is 8.42. The van der Waals surface area contributed by atoms with Crippen LogP contribution in [-0.4, -0.2) is 48.2 Å². The summed E-state index contributed by atoms with van der Waals surface area (Å²) in [5.74, 6) is -11.6. The Morgan fingerprint density at radius 2 is 1.57 bits per heavy atom. The van der Waals surface area contributed by atoms with E-state index in [1.165, 1.54) is 13.8 Å². The van der Waals surface area contributed by atoms with Crippen molar-refractivity contribution in [3.8, 4) is 0 Å². The molecule has 1 aromatic rings. The van der Waals surface area contributed by atoms with E-state index in [4.69, 9.17) is 4.74 Å². The predicted octanol–water partition coefficient (Wildman–Crippen LogP) is 1.42. The van der Waals surface area contributed by atoms with Crippen LogP contribution in [0.5, 0.6) is 0 Å². The first-order chi connectivity index (χ1) is 13.1. The van der Waals surface area contributed by atoms with Crippen LogP contribution in [0, 0.1) is 23.4 Å². The fourth-order valence-electron chi connectivity index (χ4n) is 2.29. The van der Waals surface area contributed by atoms with Gasteiger partial charge in [0.1, 0.15) is 29.1 Å². The van der Waals surface area contributed by atoms with Crippen molar-refractivity contribution in [1.82, 2.24) is 5.32 Å². The SMILES string of the molecule is CCOC(=O)C[C@@H](C(=O)OCC)[C@H](NC(=O)c1c(F)cc(F)cc1F)C(=O)O. The summed E-state index contributed by atoms with van der Waals surface area (Å²) in [6.45, 7) is 2.70. The number of rotatable bonds is 9. The zero-order valence-electron chi connectivity index (χ0n) is 15.0. The average Bonchev–Trinajstić information content (AvgIpc) is 2.57. The first kappa shape index (κ1) is 22.9. The van der Waals surface area contributed by atoms with Gasteiger partial charge in [-0.05, 0) is 13.8 Å². The van der Waals surface area contributed by atoms with Crippen molar-refractivity contribution < 1.29 is 46.9 Å². The molecule has 154 valence electrons. The highest BCUT2D eigenvalue weighted by molar-refractivity contribution is 5.98. The maximum absolute atomic E-state index is 13.8. The summed E-state index contributed by atoms with van der Waals surface area (Å²) in [5.41, 5.74) is -1.24. The molecule has 28 heavy (non-hydrogen) atoms. The molecule has 0 bridgehead atoms. The van der Waals surface area contributed by atoms with Crippen molar-refractivity contribution in [2.75, 3.05) is 13.2 Å². The van der Waals surface area contributed by atoms with Gasteiger partial charge in [0.25, 0.3) is 5.91 Å². The van der Waals surface area contributed by atoms with Crippen molar-refractivity contribution >= 4 is 23.8 Å². The summed E-state index contributed by atoms with van der Waals surface area (Å²) in [7, 11) is 0. The second kappa shape index (κ2) is 10.3. The molecular weight excluding hydrogens is 387 g/mol. The molecule has 0 saturated carbocycles. The van der Waals surface area contributed by atoms with Crippen LogP contribution < -0.4 is 5.32 Å². The maximum Gasteiger partial charge on any atom is 0.327 e. The van der Waals surface area contributed by atoms with Crippen LogP contribution in [0.25, 0.3) is 0 Å². The molecular formula is C17H18F3NO7. The minimum Gasteiger partial charge on any atom is -0.480 e. The van der Waals surface area contributed by atoms with Crippen LogP contribution in [0.1, 0.15) is 30.6 Å². The number of ether oxygens (including phenoxy) is 2. The molecule has 0 aliphatic carbocycles. The number of carboxylic acid groups (broad SMARTS) is 1. The lowest BCUT2D eigenvalue weighted by molar-refractivity contribution is -0.159. The smallest absolute Gasteiger partial charge is 0.327 e. The second-order valence-corrected chi connectivity index (χ2v) is 5.40. The number of halogens is 3. The van der Waals surface area contributed by atoms with Gasteiger partial charge in [0.05, 0.1) is 25.6 Å². The Labute approximate surface area is 157 Å². The predicted molar refractivity (Wildman–Crippen MR) is 86.6 cm³/mol. The van der Waals surface area contributed by atoms with Gasteiger partial charge < -0.3 is 19.9 Å². The number of carbonyl (C=O) groups excluding carboxylic acids is 3. The van der Waals surface area contributed by atoms with E-state index >= 15 is 0 Å². The van der Waals surface area contributed by atoms with E-state index in [0.29, 0.717) is 0 Å². The number of nitrogens with one attached hydrogen (secondary N) is 1. The molecule has 0 heterocycles. The molecule has 8 nitrogen and oxygen atoms in total. The molecule has 0 aliphatic heterocycles. The number of hydrogen-bond acceptors (Lipinski definition) is 6. The highest BCUT2D eigenvalue weighted by Crippen LogP contribution is 2.18. The number of carbonyl (C=O) groups is 4. The largest absolute Gasteiger partial charge is 0.480 e. The van der Waals surface area contributed by atoms with Crippen LogP contribution in [0.4, 0.5) is 13.2 Å². The summed E-state index contributed by atoms with van der Waals surface area (Å²) >= 11 is 0. The molecule has 11 heteroatoms. The van der Waals surface area contributed by atoms with Crippen molar-refractivity contribution in [2.45, 2.75) is 26.3 Å². The molecule has 0 radical (unpaired) electrons. The number of hydrogen-bond donors (Lipinski definition) is 2. The Bertz CT molecular complexity index is 746. The molecule has 1 rings (SSSR count). The Balaban J connectivity index is 3.20. The van der Waals surface area contributed by atoms with Crippen LogP contribution in [0.2, 0.25) is 0 Å². The van der Waals surface area contributed by atoms with Crippen LogP contribution in [0.15, 0.2) is 12.1 Å². The minimum absolute atomic E-state index is 0.0511. The lowest BCUT2D eigenvalue weighted by Gasteiger charge is -2.23. The van der Waals surface area contributed by atoms with Gasteiger partial charge in [-0.1, -0.05) is 0 Å². The van der Waals surface area contributed by atoms with E-state index in [-0.39, 0.29) is 25.3 Å². The molecule has 1 aromatic carbocycles. The van der Waals surface area contributed by atoms with E-state index in [1.807, 2.05) is 0 Å². The van der Waals surface area contributed by atoms with Crippen LogP contribution >= 0.6 is 0 Å². The molecule has 1 amide bonds. The number of benzene rings is 1. The quantitative estimate of drug-likeness (QED) is 0.597. The summed E-state index contributed by atoms with van der Waals surface area (Å²) in [6, 6.07) is -1.61. The normalized spacial score (nSPS) is 12.6. The minimum atomic E-state index is -2.07. The number of amides is 1. The highest BCUT2D eigenvalue weighted by Gasteiger charge is 2.39. The molecule has 0 aliphatic rings. The summed E-state index contributed by atoms with van der Waals surface area (Å²) in [6.07, 6.45) is -0.766. The van der Waals surface area contributed by atoms with Crippen molar-refractivity contribution in [2.24, 2.45) is 5.92 Å². The fourth-order valence-corrected chi connectivity index (χ4v) is 2.29. The van der Waals surface area contributed by atoms with Gasteiger partial charge in [-0.25, -0.2) is 18.0 Å². The number of aliphatic carboxylic acids is 1. The molecule has 0 aromatic heterocycles. The molecule has 0 unspecified atom stereocenters. The zero-order valence-corrected chi connectivity index (χ0v) is 15.0. The van der Waals surface area contributed by atoms with Gasteiger partial charge in [-0.15, -0.1) is 0 Å². The van der Waals surface area contributed by atoms with Crippen LogP contribution in [-0.2, 0) is 23.9 Å². The third-order valence-electron chi connectivity index (χ3n) is 3.47. The van der Waals surface area contributed by atoms with Gasteiger partial charge in [-0.2, -0.15) is 0 Å². The van der Waals surface area contributed by atoms with Gasteiger partial charge in [-0.3, -0.25) is 14.4 Å². The van der Waals surface area contributed by atoms with Gasteiger partial charge in [0, 0.05) is 12.1 Å². The molecule has 0 spiro atoms. The molecule has 2 atom stereocenters. The summed E-state index contributed by atoms with van der Waals surface area (Å²) < 4.78 is 49.8. The van der Waals surface area contributed by atoms with E-state index in [9.17, 15) is 37.5 Å². The van der Waals surface area contributed by atoms with Gasteiger partial charge >= 0.3 is 17.9 Å². The summed E-state index contributed by atoms with van der Waals surface area (Å²) in [4.78, 5) is 47.5. The standard InChI is InChI=1S/C17H18F3NO7/c1-3-27-12(22)7-9(17(26)28-4-2)14(16(24)25)21-15(23)13-10(19)5-8(18)6-11(13)20/h5-6,9,14H,3-4,7H2,1-2H3,(H,21,23)(H,24,25)/t9-,14+/m1/s1. The maximum atomic E-state index is 13.8. The zero-order chi connectivity index (χ0) is 21.4. The molecule has 2 N–H and O–H groups in total. The monoisotopic (exact) mass is 405 g/mol. The van der Waals surface area contributed by atoms with Crippen molar-refractivity contribution in [3.63, 3.8) is 0 Å². The van der Waals surface area contributed by atoms with E-state index in [2.05, 4.69) is 4.74 Å². The lowest BCUT2D eigenvalue weighted by atomic mass is 9.95. The first-order valence-corrected chi connectivity index (χ1v) is 8.12. The fraction of sp³-hybridized carbons (Fsp3) is 0.412. The Morgan fingerprint density at radius 1 is 1.04 bits per heavy atom. The lowest BCUT2D eigenvalue weighted by Crippen LogP contribution is -2.50.